The van der Waals surface area contributed by atoms with Crippen molar-refractivity contribution in [3.05, 3.63) is 65.2 Å². The lowest BCUT2D eigenvalue weighted by molar-refractivity contribution is 0.262. The Labute approximate surface area is 234 Å². The first-order valence-electron chi connectivity index (χ1n) is 14.6. The number of amides is 2. The van der Waals surface area contributed by atoms with Gasteiger partial charge in [0.25, 0.3) is 0 Å². The molecule has 6 heteroatoms. The van der Waals surface area contributed by atoms with Gasteiger partial charge in [0.15, 0.2) is 0 Å². The maximum absolute atomic E-state index is 12.5. The molecule has 0 fully saturated rings. The van der Waals surface area contributed by atoms with Crippen LogP contribution in [0.2, 0.25) is 0 Å². The van der Waals surface area contributed by atoms with E-state index in [1.54, 1.807) is 0 Å². The van der Waals surface area contributed by atoms with Gasteiger partial charge in [-0.1, -0.05) is 89.7 Å². The Hall–Kier alpha value is -2.60. The Morgan fingerprint density at radius 1 is 0.842 bits per heavy atom. The van der Waals surface area contributed by atoms with Crippen molar-refractivity contribution < 1.29 is 9.53 Å². The number of urea groups is 1. The number of ether oxygens (including phenoxy) is 1. The molecule has 0 saturated carbocycles. The molecule has 2 N–H and O–H groups in total. The molecule has 0 bridgehead atoms. The van der Waals surface area contributed by atoms with Crippen LogP contribution < -0.4 is 15.4 Å². The molecule has 1 aliphatic heterocycles. The minimum Gasteiger partial charge on any atom is -0.494 e. The summed E-state index contributed by atoms with van der Waals surface area (Å²) >= 11 is 1.85. The zero-order chi connectivity index (χ0) is 26.8. The lowest BCUT2D eigenvalue weighted by Crippen LogP contribution is -2.19. The van der Waals surface area contributed by atoms with E-state index in [2.05, 4.69) is 41.6 Å². The minimum atomic E-state index is -0.250. The van der Waals surface area contributed by atoms with Crippen molar-refractivity contribution in [3.8, 4) is 5.75 Å². The average Bonchev–Trinajstić information content (AvgIpc) is 3.32. The van der Waals surface area contributed by atoms with Gasteiger partial charge in [-0.25, -0.2) is 4.79 Å². The van der Waals surface area contributed by atoms with Gasteiger partial charge in [0.05, 0.1) is 12.5 Å². The zero-order valence-electron chi connectivity index (χ0n) is 23.5. The van der Waals surface area contributed by atoms with Crippen LogP contribution in [0.25, 0.3) is 0 Å². The highest BCUT2D eigenvalue weighted by molar-refractivity contribution is 8.03. The number of rotatable bonds is 18. The highest BCUT2D eigenvalue weighted by Crippen LogP contribution is 2.26. The number of allylic oxidation sites excluding steroid dienone is 1. The molecular formula is C32H47N3O2S. The number of benzene rings is 2. The summed E-state index contributed by atoms with van der Waals surface area (Å²) in [5, 5.41) is 5.84. The van der Waals surface area contributed by atoms with Gasteiger partial charge in [-0.3, -0.25) is 0 Å². The maximum Gasteiger partial charge on any atom is 0.323 e. The summed E-state index contributed by atoms with van der Waals surface area (Å²) in [5.41, 5.74) is 2.70. The molecule has 2 aromatic rings. The van der Waals surface area contributed by atoms with Gasteiger partial charge in [0.2, 0.25) is 0 Å². The Morgan fingerprint density at radius 2 is 1.47 bits per heavy atom. The van der Waals surface area contributed by atoms with Crippen LogP contribution in [-0.4, -0.2) is 23.4 Å². The lowest BCUT2D eigenvalue weighted by atomic mass is 10.1. The molecule has 0 spiro atoms. The molecule has 2 amide bonds. The SMILES string of the molecule is CCCCCCCCCCCCCCOc1ccc(NC(=O)Nc2cccc(CN3C=C(C)SC3)c2)cc1. The van der Waals surface area contributed by atoms with Gasteiger partial charge in [-0.15, -0.1) is 11.8 Å². The normalized spacial score (nSPS) is 12.9. The van der Waals surface area contributed by atoms with Gasteiger partial charge < -0.3 is 20.3 Å². The molecule has 0 aromatic heterocycles. The molecule has 0 saturated heterocycles. The van der Waals surface area contributed by atoms with Crippen LogP contribution in [-0.2, 0) is 6.54 Å². The summed E-state index contributed by atoms with van der Waals surface area (Å²) in [6, 6.07) is 15.4. The number of hydrogen-bond acceptors (Lipinski definition) is 4. The number of thioether (sulfide) groups is 1. The van der Waals surface area contributed by atoms with Gasteiger partial charge in [-0.2, -0.15) is 0 Å². The Kier molecular flexibility index (Phi) is 14.0. The number of nitrogens with zero attached hydrogens (tertiary/aromatic N) is 1. The van der Waals surface area contributed by atoms with Gasteiger partial charge in [0, 0.05) is 24.1 Å². The molecule has 1 heterocycles. The number of nitrogens with one attached hydrogen (secondary N) is 2. The smallest absolute Gasteiger partial charge is 0.323 e. The molecule has 208 valence electrons. The van der Waals surface area contributed by atoms with Crippen molar-refractivity contribution in [1.82, 2.24) is 4.90 Å². The summed E-state index contributed by atoms with van der Waals surface area (Å²) in [6.07, 6.45) is 18.3. The number of carbonyl (C=O) groups excluding carboxylic acids is 1. The van der Waals surface area contributed by atoms with Crippen molar-refractivity contribution in [2.45, 2.75) is 97.4 Å². The molecule has 0 atom stereocenters. The van der Waals surface area contributed by atoms with E-state index in [1.807, 2.05) is 54.2 Å². The fraction of sp³-hybridized carbons (Fsp3) is 0.531. The quantitative estimate of drug-likeness (QED) is 0.186. The summed E-state index contributed by atoms with van der Waals surface area (Å²) in [4.78, 5) is 16.1. The molecule has 1 aliphatic rings. The summed E-state index contributed by atoms with van der Waals surface area (Å²) in [6.45, 7) is 5.98. The molecule has 0 unspecified atom stereocenters. The Bertz CT molecular complexity index is 977. The molecule has 0 aliphatic carbocycles. The van der Waals surface area contributed by atoms with Crippen molar-refractivity contribution >= 4 is 29.2 Å². The maximum atomic E-state index is 12.5. The van der Waals surface area contributed by atoms with E-state index in [9.17, 15) is 4.79 Å². The summed E-state index contributed by atoms with van der Waals surface area (Å²) in [5.74, 6) is 1.82. The van der Waals surface area contributed by atoms with E-state index in [4.69, 9.17) is 4.74 Å². The van der Waals surface area contributed by atoms with Crippen LogP contribution >= 0.6 is 11.8 Å². The minimum absolute atomic E-state index is 0.250. The van der Waals surface area contributed by atoms with Gasteiger partial charge in [0.1, 0.15) is 5.75 Å². The molecule has 5 nitrogen and oxygen atoms in total. The highest BCUT2D eigenvalue weighted by Gasteiger charge is 2.11. The Morgan fingerprint density at radius 3 is 2.11 bits per heavy atom. The topological polar surface area (TPSA) is 53.6 Å². The van der Waals surface area contributed by atoms with Crippen molar-refractivity contribution in [2.24, 2.45) is 0 Å². The predicted molar refractivity (Wildman–Crippen MR) is 164 cm³/mol. The van der Waals surface area contributed by atoms with E-state index in [0.29, 0.717) is 0 Å². The van der Waals surface area contributed by atoms with Gasteiger partial charge in [-0.05, 0) is 60.2 Å². The van der Waals surface area contributed by atoms with E-state index < -0.39 is 0 Å². The fourth-order valence-corrected chi connectivity index (χ4v) is 5.41. The number of unbranched alkanes of at least 4 members (excludes halogenated alkanes) is 11. The van der Waals surface area contributed by atoms with Crippen LogP contribution in [0.4, 0.5) is 16.2 Å². The van der Waals surface area contributed by atoms with Crippen molar-refractivity contribution in [2.75, 3.05) is 23.1 Å². The van der Waals surface area contributed by atoms with E-state index in [0.717, 1.165) is 42.6 Å². The van der Waals surface area contributed by atoms with Crippen LogP contribution in [0.3, 0.4) is 0 Å². The van der Waals surface area contributed by atoms with Crippen molar-refractivity contribution in [1.29, 1.82) is 0 Å². The number of hydrogen-bond donors (Lipinski definition) is 2. The molecule has 38 heavy (non-hydrogen) atoms. The molecular weight excluding hydrogens is 490 g/mol. The van der Waals surface area contributed by atoms with Crippen molar-refractivity contribution in [3.63, 3.8) is 0 Å². The predicted octanol–water partition coefficient (Wildman–Crippen LogP) is 9.78. The first-order valence-corrected chi connectivity index (χ1v) is 15.6. The summed E-state index contributed by atoms with van der Waals surface area (Å²) in [7, 11) is 0. The van der Waals surface area contributed by atoms with E-state index in [1.165, 1.54) is 81.1 Å². The Balaban J connectivity index is 1.24. The fourth-order valence-electron chi connectivity index (χ4n) is 4.65. The standard InChI is InChI=1S/C32H47N3O2S/c1-3-4-5-6-7-8-9-10-11-12-13-14-22-37-31-20-18-29(19-21-31)33-32(36)34-30-17-15-16-28(23-30)25-35-24-27(2)38-26-35/h15-21,23-24H,3-14,22,25-26H2,1-2H3,(H2,33,34,36). The lowest BCUT2D eigenvalue weighted by Gasteiger charge is -2.15. The average molecular weight is 538 g/mol. The third-order valence-corrected chi connectivity index (χ3v) is 7.79. The second kappa shape index (κ2) is 17.8. The van der Waals surface area contributed by atoms with Crippen LogP contribution in [0.5, 0.6) is 5.75 Å². The van der Waals surface area contributed by atoms with Crippen LogP contribution in [0.15, 0.2) is 59.6 Å². The summed E-state index contributed by atoms with van der Waals surface area (Å²) < 4.78 is 5.89. The number of carbonyl (C=O) groups is 1. The zero-order valence-corrected chi connectivity index (χ0v) is 24.3. The third-order valence-electron chi connectivity index (χ3n) is 6.77. The molecule has 0 radical (unpaired) electrons. The van der Waals surface area contributed by atoms with Gasteiger partial charge >= 0.3 is 6.03 Å². The second-order valence-corrected chi connectivity index (χ2v) is 11.5. The van der Waals surface area contributed by atoms with Crippen LogP contribution in [0.1, 0.15) is 96.5 Å². The largest absolute Gasteiger partial charge is 0.494 e. The van der Waals surface area contributed by atoms with E-state index >= 15 is 0 Å². The third kappa shape index (κ3) is 12.3. The monoisotopic (exact) mass is 537 g/mol. The second-order valence-electron chi connectivity index (χ2n) is 10.3. The first-order chi connectivity index (χ1) is 18.6. The highest BCUT2D eigenvalue weighted by atomic mass is 32.2. The molecule has 2 aromatic carbocycles. The first kappa shape index (κ1) is 29.9. The number of anilines is 2. The molecule has 3 rings (SSSR count). The van der Waals surface area contributed by atoms with E-state index in [-0.39, 0.29) is 6.03 Å². The van der Waals surface area contributed by atoms with Crippen LogP contribution in [0, 0.1) is 0 Å².